The Bertz CT molecular complexity index is 1610. The zero-order chi connectivity index (χ0) is 44.0. The summed E-state index contributed by atoms with van der Waals surface area (Å²) in [6.07, 6.45) is 7.54. The fraction of sp³-hybridized carbons (Fsp3) is 0.787. The summed E-state index contributed by atoms with van der Waals surface area (Å²) in [5, 5.41) is 0.0998. The maximum Gasteiger partial charge on any atom is 0.192 e. The zero-order valence-corrected chi connectivity index (χ0v) is 42.4. The van der Waals surface area contributed by atoms with Gasteiger partial charge < -0.3 is 27.8 Å². The quantitative estimate of drug-likeness (QED) is 0.0646. The van der Waals surface area contributed by atoms with Gasteiger partial charge in [-0.05, 0) is 118 Å². The fourth-order valence-corrected chi connectivity index (χ4v) is 12.4. The van der Waals surface area contributed by atoms with E-state index in [0.29, 0.717) is 44.0 Å². The highest BCUT2D eigenvalue weighted by Crippen LogP contribution is 2.42. The Kier molecular flexibility index (Phi) is 18.3. The molecule has 0 radical (unpaired) electrons. The molecular formula is C47H81ClO8SSi2. The molecule has 59 heavy (non-hydrogen) atoms. The van der Waals surface area contributed by atoms with Crippen LogP contribution in [0.2, 0.25) is 36.3 Å². The van der Waals surface area contributed by atoms with Crippen molar-refractivity contribution in [3.63, 3.8) is 0 Å². The van der Waals surface area contributed by atoms with Crippen LogP contribution in [0.15, 0.2) is 53.5 Å². The maximum atomic E-state index is 13.9. The molecule has 3 aliphatic heterocycles. The molecular weight excluding hydrogens is 816 g/mol. The molecule has 12 heteroatoms. The molecule has 0 amide bonds. The molecule has 0 aliphatic carbocycles. The molecule has 8 atom stereocenters. The van der Waals surface area contributed by atoms with Crippen LogP contribution in [0.1, 0.15) is 118 Å². The van der Waals surface area contributed by atoms with Crippen LogP contribution < -0.4 is 0 Å². The van der Waals surface area contributed by atoms with Gasteiger partial charge in [0, 0.05) is 24.1 Å². The monoisotopic (exact) mass is 896 g/mol. The predicted octanol–water partition coefficient (Wildman–Crippen LogP) is 12.0. The predicted molar refractivity (Wildman–Crippen MR) is 248 cm³/mol. The second-order valence-corrected chi connectivity index (χ2v) is 33.3. The lowest BCUT2D eigenvalue weighted by Gasteiger charge is -2.42. The first-order chi connectivity index (χ1) is 27.3. The third-order valence-electron chi connectivity index (χ3n) is 14.0. The average molecular weight is 898 g/mol. The number of halogens is 1. The summed E-state index contributed by atoms with van der Waals surface area (Å²) in [6, 6.07) is 7.21. The van der Waals surface area contributed by atoms with Crippen molar-refractivity contribution in [3.05, 3.63) is 54.1 Å². The SMILES string of the molecule is C=C1C[C@H](CCC2OCCO2)O[C@H]1CC[C@H](Cl)C[C@H](C)C(=C)CC[C@@H]1O[C@H](CC(CO[Si](C)(C)C(C)(C)C)O[Si](C)(C)C(C)(C)C)C[C@H]1CS(=O)(=O)c1ccc(C)cc1. The van der Waals surface area contributed by atoms with Crippen LogP contribution in [0.5, 0.6) is 0 Å². The lowest BCUT2D eigenvalue weighted by molar-refractivity contribution is -0.0585. The van der Waals surface area contributed by atoms with Gasteiger partial charge >= 0.3 is 0 Å². The third kappa shape index (κ3) is 15.1. The molecule has 338 valence electrons. The van der Waals surface area contributed by atoms with Gasteiger partial charge in [0.1, 0.15) is 0 Å². The minimum Gasteiger partial charge on any atom is -0.414 e. The molecule has 0 spiro atoms. The third-order valence-corrected chi connectivity index (χ3v) is 25.3. The van der Waals surface area contributed by atoms with Crippen molar-refractivity contribution in [2.45, 2.75) is 203 Å². The summed E-state index contributed by atoms with van der Waals surface area (Å²) in [7, 11) is -7.72. The van der Waals surface area contributed by atoms with Gasteiger partial charge in [-0.25, -0.2) is 8.42 Å². The Labute approximate surface area is 367 Å². The molecule has 8 nitrogen and oxygen atoms in total. The second-order valence-electron chi connectivity index (χ2n) is 21.1. The van der Waals surface area contributed by atoms with E-state index in [-0.39, 0.29) is 69.9 Å². The molecule has 3 saturated heterocycles. The number of hydrogen-bond acceptors (Lipinski definition) is 8. The molecule has 3 fully saturated rings. The summed E-state index contributed by atoms with van der Waals surface area (Å²) in [6.45, 7) is 37.6. The van der Waals surface area contributed by atoms with Crippen molar-refractivity contribution < 1.29 is 36.2 Å². The van der Waals surface area contributed by atoms with E-state index in [2.05, 4.69) is 87.8 Å². The molecule has 1 aromatic rings. The van der Waals surface area contributed by atoms with Crippen molar-refractivity contribution in [3.8, 4) is 0 Å². The Morgan fingerprint density at radius 3 is 2.15 bits per heavy atom. The van der Waals surface area contributed by atoms with Gasteiger partial charge in [0.05, 0.1) is 61.0 Å². The van der Waals surface area contributed by atoms with E-state index in [1.165, 1.54) is 0 Å². The molecule has 1 aromatic carbocycles. The Morgan fingerprint density at radius 2 is 1.54 bits per heavy atom. The largest absolute Gasteiger partial charge is 0.414 e. The Hall–Kier alpha value is -0.866. The summed E-state index contributed by atoms with van der Waals surface area (Å²) in [4.78, 5) is 0.369. The highest BCUT2D eigenvalue weighted by Gasteiger charge is 2.44. The second kappa shape index (κ2) is 21.2. The van der Waals surface area contributed by atoms with Crippen molar-refractivity contribution in [2.75, 3.05) is 25.6 Å². The van der Waals surface area contributed by atoms with Crippen LogP contribution in [0, 0.1) is 18.8 Å². The summed E-state index contributed by atoms with van der Waals surface area (Å²) < 4.78 is 66.1. The van der Waals surface area contributed by atoms with Crippen LogP contribution in [0.3, 0.4) is 0 Å². The topological polar surface area (TPSA) is 89.5 Å². The van der Waals surface area contributed by atoms with E-state index in [9.17, 15) is 8.42 Å². The van der Waals surface area contributed by atoms with Crippen LogP contribution in [0.4, 0.5) is 0 Å². The molecule has 0 aromatic heterocycles. The van der Waals surface area contributed by atoms with Gasteiger partial charge in [-0.2, -0.15) is 0 Å². The Morgan fingerprint density at radius 1 is 0.915 bits per heavy atom. The lowest BCUT2D eigenvalue weighted by atomic mass is 9.89. The van der Waals surface area contributed by atoms with Gasteiger partial charge in [-0.3, -0.25) is 0 Å². The van der Waals surface area contributed by atoms with Crippen LogP contribution in [0.25, 0.3) is 0 Å². The first-order valence-electron chi connectivity index (χ1n) is 22.4. The molecule has 0 N–H and O–H groups in total. The number of benzene rings is 1. The summed E-state index contributed by atoms with van der Waals surface area (Å²) in [5.74, 6) is 0.118. The standard InChI is InChI=1S/C47H81ClO8SSi2/c1-33-15-20-42(21-16-33)57(49,50)32-37-29-40(30-41(56-59(13,14)47(8,9)10)31-53-58(11,12)46(5,6)7)55-44(37)22-17-34(2)35(3)27-38(48)18-23-43-36(4)28-39(54-43)19-24-45-51-25-26-52-45/h15-16,20-21,35,37-41,43-45H,2,4,17-19,22-32H2,1,3,5-14H3/t35-,37-,38-,39-,40-,41?,43-,44-/m0/s1. The molecule has 3 aliphatic rings. The minimum atomic E-state index is -3.53. The van der Waals surface area contributed by atoms with Crippen molar-refractivity contribution in [1.82, 2.24) is 0 Å². The normalized spacial score (nSPS) is 25.4. The van der Waals surface area contributed by atoms with Gasteiger partial charge in [0.15, 0.2) is 32.8 Å². The van der Waals surface area contributed by atoms with E-state index in [4.69, 9.17) is 39.4 Å². The minimum absolute atomic E-state index is 0.0108. The molecule has 3 heterocycles. The van der Waals surface area contributed by atoms with Crippen molar-refractivity contribution in [2.24, 2.45) is 11.8 Å². The molecule has 1 unspecified atom stereocenters. The van der Waals surface area contributed by atoms with E-state index < -0.39 is 26.5 Å². The number of rotatable bonds is 22. The number of hydrogen-bond donors (Lipinski definition) is 0. The van der Waals surface area contributed by atoms with Crippen LogP contribution in [-0.2, 0) is 37.6 Å². The van der Waals surface area contributed by atoms with E-state index in [0.717, 1.165) is 61.7 Å². The molecule has 4 rings (SSSR count). The van der Waals surface area contributed by atoms with Crippen molar-refractivity contribution in [1.29, 1.82) is 0 Å². The number of alkyl halides is 1. The summed E-state index contributed by atoms with van der Waals surface area (Å²) in [5.41, 5.74) is 3.32. The van der Waals surface area contributed by atoms with Gasteiger partial charge in [0.25, 0.3) is 0 Å². The van der Waals surface area contributed by atoms with E-state index >= 15 is 0 Å². The smallest absolute Gasteiger partial charge is 0.192 e. The zero-order valence-electron chi connectivity index (χ0n) is 38.9. The molecule has 0 saturated carbocycles. The van der Waals surface area contributed by atoms with Gasteiger partial charge in [-0.1, -0.05) is 84.9 Å². The van der Waals surface area contributed by atoms with E-state index in [1.807, 2.05) is 19.1 Å². The van der Waals surface area contributed by atoms with E-state index in [1.54, 1.807) is 12.1 Å². The first kappa shape index (κ1) is 50.8. The summed E-state index contributed by atoms with van der Waals surface area (Å²) >= 11 is 6.97. The number of ether oxygens (including phenoxy) is 4. The van der Waals surface area contributed by atoms with Crippen LogP contribution >= 0.6 is 11.6 Å². The first-order valence-corrected chi connectivity index (χ1v) is 30.3. The number of aryl methyl sites for hydroxylation is 1. The Balaban J connectivity index is 1.38. The van der Waals surface area contributed by atoms with Gasteiger partial charge in [-0.15, -0.1) is 11.6 Å². The fourth-order valence-electron chi connectivity index (χ4n) is 7.93. The molecule has 0 bridgehead atoms. The average Bonchev–Trinajstić information content (AvgIpc) is 3.87. The maximum absolute atomic E-state index is 13.9. The van der Waals surface area contributed by atoms with Crippen molar-refractivity contribution >= 4 is 38.1 Å². The lowest BCUT2D eigenvalue weighted by Crippen LogP contribution is -2.48. The van der Waals surface area contributed by atoms with Gasteiger partial charge in [0.2, 0.25) is 0 Å². The highest BCUT2D eigenvalue weighted by atomic mass is 35.5. The highest BCUT2D eigenvalue weighted by molar-refractivity contribution is 7.91. The van der Waals surface area contributed by atoms with Crippen LogP contribution in [-0.4, -0.2) is 92.8 Å². The number of sulfone groups is 1. The number of allylic oxidation sites excluding steroid dienone is 1.